The minimum absolute atomic E-state index is 0. The van der Waals surface area contributed by atoms with E-state index >= 15 is 0 Å². The van der Waals surface area contributed by atoms with E-state index in [-0.39, 0.29) is 62.5 Å². The molecule has 7 nitrogen and oxygen atoms in total. The van der Waals surface area contributed by atoms with Crippen LogP contribution in [-0.4, -0.2) is 77.3 Å². The first-order chi connectivity index (χ1) is 8.59. The molecular weight excluding hydrogens is 333 g/mol. The third-order valence-corrected chi connectivity index (χ3v) is 4.21. The van der Waals surface area contributed by atoms with Gasteiger partial charge in [-0.05, 0) is 29.7 Å². The van der Waals surface area contributed by atoms with E-state index in [2.05, 4.69) is 0 Å². The fourth-order valence-corrected chi connectivity index (χ4v) is 2.73. The Balaban J connectivity index is 0.00000200. The molecule has 0 atom stereocenters. The Morgan fingerprint density at radius 3 is 1.85 bits per heavy atom. The van der Waals surface area contributed by atoms with Crippen molar-refractivity contribution in [3.05, 3.63) is 30.3 Å². The summed E-state index contributed by atoms with van der Waals surface area (Å²) < 4.78 is 62.0. The Morgan fingerprint density at radius 1 is 0.850 bits per heavy atom. The molecule has 10 heteroatoms. The average Bonchev–Trinajstić information content (AvgIpc) is 2.25. The van der Waals surface area contributed by atoms with Gasteiger partial charge in [0.15, 0.2) is 0 Å². The van der Waals surface area contributed by atoms with Crippen LogP contribution in [0.5, 0.6) is 0 Å². The van der Waals surface area contributed by atoms with Gasteiger partial charge in [0.1, 0.15) is 0 Å². The van der Waals surface area contributed by atoms with Crippen LogP contribution < -0.4 is 5.73 Å². The molecule has 0 aliphatic carbocycles. The van der Waals surface area contributed by atoms with E-state index in [0.29, 0.717) is 5.39 Å². The van der Waals surface area contributed by atoms with Crippen molar-refractivity contribution in [2.24, 2.45) is 0 Å². The summed E-state index contributed by atoms with van der Waals surface area (Å²) in [4.78, 5) is -0.850. The number of hydrogen-bond donors (Lipinski definition) is 3. The number of benzene rings is 2. The second-order valence-corrected chi connectivity index (χ2v) is 6.69. The molecule has 0 spiro atoms. The number of hydrogen-bond acceptors (Lipinski definition) is 5. The van der Waals surface area contributed by atoms with Gasteiger partial charge in [-0.3, -0.25) is 9.11 Å². The maximum absolute atomic E-state index is 11.0. The molecule has 0 unspecified atom stereocenters. The monoisotopic (exact) mass is 343 g/mol. The van der Waals surface area contributed by atoms with E-state index in [0.717, 1.165) is 24.3 Å². The first-order valence-corrected chi connectivity index (χ1v) is 7.75. The molecule has 0 aliphatic heterocycles. The Bertz CT molecular complexity index is 871. The molecule has 0 amide bonds. The molecule has 2 aromatic carbocycles. The van der Waals surface area contributed by atoms with Crippen molar-refractivity contribution >= 4 is 88.1 Å². The summed E-state index contributed by atoms with van der Waals surface area (Å²) in [6.07, 6.45) is 0. The predicted molar refractivity (Wildman–Crippen MR) is 75.1 cm³/mol. The van der Waals surface area contributed by atoms with Crippen LogP contribution in [-0.2, 0) is 20.2 Å². The third-order valence-electron chi connectivity index (χ3n) is 2.53. The summed E-state index contributed by atoms with van der Waals surface area (Å²) in [5.41, 5.74) is 5.69. The summed E-state index contributed by atoms with van der Waals surface area (Å²) in [6.45, 7) is 0. The van der Waals surface area contributed by atoms with Gasteiger partial charge in [-0.25, -0.2) is 0 Å². The van der Waals surface area contributed by atoms with Crippen LogP contribution >= 0.6 is 0 Å². The van der Waals surface area contributed by atoms with E-state index in [1.54, 1.807) is 0 Å². The topological polar surface area (TPSA) is 135 Å². The molecule has 0 saturated carbocycles. The summed E-state index contributed by atoms with van der Waals surface area (Å²) >= 11 is 0. The van der Waals surface area contributed by atoms with Gasteiger partial charge in [0.2, 0.25) is 0 Å². The SMILES string of the molecule is Nc1cc(S(=O)(=O)O)cc2cc(S(=O)(=O)O)ccc12.[KH]. The van der Waals surface area contributed by atoms with Crippen molar-refractivity contribution < 1.29 is 25.9 Å². The summed E-state index contributed by atoms with van der Waals surface area (Å²) in [5, 5.41) is 0.572. The van der Waals surface area contributed by atoms with Crippen LogP contribution in [0.4, 0.5) is 5.69 Å². The summed E-state index contributed by atoms with van der Waals surface area (Å²) in [5.74, 6) is 0. The van der Waals surface area contributed by atoms with Crippen LogP contribution in [0.1, 0.15) is 0 Å². The molecule has 2 rings (SSSR count). The van der Waals surface area contributed by atoms with E-state index in [9.17, 15) is 16.8 Å². The molecule has 20 heavy (non-hydrogen) atoms. The fourth-order valence-electron chi connectivity index (χ4n) is 1.66. The van der Waals surface area contributed by atoms with E-state index in [4.69, 9.17) is 14.8 Å². The number of nitrogens with two attached hydrogens (primary N) is 1. The van der Waals surface area contributed by atoms with E-state index in [1.165, 1.54) is 6.07 Å². The second kappa shape index (κ2) is 5.99. The molecule has 0 fully saturated rings. The van der Waals surface area contributed by atoms with Gasteiger partial charge in [-0.1, -0.05) is 6.07 Å². The van der Waals surface area contributed by atoms with Crippen LogP contribution in [0.25, 0.3) is 10.8 Å². The zero-order valence-electron chi connectivity index (χ0n) is 9.31. The Hall–Kier alpha value is -0.0436. The summed E-state index contributed by atoms with van der Waals surface area (Å²) in [6, 6.07) is 5.67. The normalized spacial score (nSPS) is 12.1. The van der Waals surface area contributed by atoms with Gasteiger partial charge in [0.05, 0.1) is 9.79 Å². The number of rotatable bonds is 2. The van der Waals surface area contributed by atoms with Crippen LogP contribution in [0.2, 0.25) is 0 Å². The van der Waals surface area contributed by atoms with Crippen molar-refractivity contribution in [2.75, 3.05) is 5.73 Å². The van der Waals surface area contributed by atoms with Gasteiger partial charge in [-0.15, -0.1) is 0 Å². The average molecular weight is 343 g/mol. The standard InChI is InChI=1S/C10H9NO6S2.K.H/c11-10-5-8(19(15,16)17)4-6-3-7(18(12,13)14)1-2-9(6)10;;/h1-5H,11H2,(H,12,13,14)(H,15,16,17);;. The molecule has 0 aromatic heterocycles. The third kappa shape index (κ3) is 3.78. The molecule has 4 N–H and O–H groups in total. The van der Waals surface area contributed by atoms with Crippen molar-refractivity contribution in [1.29, 1.82) is 0 Å². The predicted octanol–water partition coefficient (Wildman–Crippen LogP) is 0.267. The molecular formula is C10H10KNO6S2. The zero-order chi connectivity index (χ0) is 14.4. The van der Waals surface area contributed by atoms with Crippen LogP contribution in [0.3, 0.4) is 0 Å². The maximum atomic E-state index is 11.0. The molecule has 0 bridgehead atoms. The van der Waals surface area contributed by atoms with Gasteiger partial charge in [-0.2, -0.15) is 16.8 Å². The van der Waals surface area contributed by atoms with Gasteiger partial charge < -0.3 is 5.73 Å². The van der Waals surface area contributed by atoms with Gasteiger partial charge in [0, 0.05) is 11.1 Å². The molecule has 104 valence electrons. The number of nitrogen functional groups attached to an aromatic ring is 1. The number of anilines is 1. The Labute approximate surface area is 158 Å². The van der Waals surface area contributed by atoms with Crippen molar-refractivity contribution in [3.8, 4) is 0 Å². The van der Waals surface area contributed by atoms with Crippen molar-refractivity contribution in [3.63, 3.8) is 0 Å². The summed E-state index contributed by atoms with van der Waals surface area (Å²) in [7, 11) is -8.87. The van der Waals surface area contributed by atoms with Gasteiger partial charge >= 0.3 is 51.4 Å². The quantitative estimate of drug-likeness (QED) is 0.404. The Kier molecular flexibility index (Phi) is 5.39. The number of fused-ring (bicyclic) bond motifs is 1. The zero-order valence-corrected chi connectivity index (χ0v) is 10.9. The Morgan fingerprint density at radius 2 is 1.35 bits per heavy atom. The fraction of sp³-hybridized carbons (Fsp3) is 0. The van der Waals surface area contributed by atoms with Crippen molar-refractivity contribution in [2.45, 2.75) is 9.79 Å². The van der Waals surface area contributed by atoms with Gasteiger partial charge in [0.25, 0.3) is 20.2 Å². The van der Waals surface area contributed by atoms with E-state index < -0.39 is 30.0 Å². The first kappa shape index (κ1) is 18.0. The van der Waals surface area contributed by atoms with Crippen LogP contribution in [0.15, 0.2) is 40.1 Å². The van der Waals surface area contributed by atoms with Crippen molar-refractivity contribution in [1.82, 2.24) is 0 Å². The van der Waals surface area contributed by atoms with E-state index in [1.807, 2.05) is 0 Å². The molecule has 0 saturated heterocycles. The molecule has 0 heterocycles. The molecule has 0 aliphatic rings. The minimum atomic E-state index is -4.46. The molecule has 2 aromatic rings. The molecule has 0 radical (unpaired) electrons. The van der Waals surface area contributed by atoms with Crippen LogP contribution in [0, 0.1) is 0 Å². The first-order valence-electron chi connectivity index (χ1n) is 4.87. The second-order valence-electron chi connectivity index (χ2n) is 3.85.